The SMILES string of the molecule is CCCCCCCCCCCCCCCCCC(CC)=NNc1ccc([N+](=O)[O-])cc1[N+](=O)[O-]. The lowest BCUT2D eigenvalue weighted by Crippen LogP contribution is -2.03. The first-order valence-corrected chi connectivity index (χ1v) is 13.2. The number of rotatable bonds is 21. The van der Waals surface area contributed by atoms with E-state index in [4.69, 9.17) is 0 Å². The van der Waals surface area contributed by atoms with Gasteiger partial charge in [0.1, 0.15) is 5.69 Å². The Morgan fingerprint density at radius 2 is 1.26 bits per heavy atom. The van der Waals surface area contributed by atoms with E-state index >= 15 is 0 Å². The van der Waals surface area contributed by atoms with Gasteiger partial charge < -0.3 is 0 Å². The highest BCUT2D eigenvalue weighted by atomic mass is 16.6. The van der Waals surface area contributed by atoms with Gasteiger partial charge in [0.25, 0.3) is 5.69 Å². The van der Waals surface area contributed by atoms with Crippen molar-refractivity contribution >= 4 is 22.8 Å². The number of nitrogens with zero attached hydrogens (tertiary/aromatic N) is 3. The molecule has 0 aromatic heterocycles. The van der Waals surface area contributed by atoms with Gasteiger partial charge in [0.15, 0.2) is 0 Å². The highest BCUT2D eigenvalue weighted by molar-refractivity contribution is 5.85. The van der Waals surface area contributed by atoms with E-state index in [1.165, 1.54) is 95.6 Å². The van der Waals surface area contributed by atoms with Crippen molar-refractivity contribution in [3.05, 3.63) is 38.4 Å². The molecular formula is C26H44N4O4. The van der Waals surface area contributed by atoms with E-state index < -0.39 is 9.85 Å². The number of unbranched alkanes of at least 4 members (excludes halogenated alkanes) is 14. The zero-order valence-electron chi connectivity index (χ0n) is 21.2. The number of nitro benzene ring substituents is 2. The fourth-order valence-electron chi connectivity index (χ4n) is 4.03. The van der Waals surface area contributed by atoms with Crippen LogP contribution in [0, 0.1) is 20.2 Å². The second-order valence-corrected chi connectivity index (χ2v) is 9.06. The van der Waals surface area contributed by atoms with Crippen LogP contribution >= 0.6 is 0 Å². The average molecular weight is 477 g/mol. The van der Waals surface area contributed by atoms with Crippen LogP contribution in [0.4, 0.5) is 17.1 Å². The fourth-order valence-corrected chi connectivity index (χ4v) is 4.03. The number of anilines is 1. The van der Waals surface area contributed by atoms with Crippen LogP contribution in [0.3, 0.4) is 0 Å². The largest absolute Gasteiger partial charge is 0.301 e. The number of benzene rings is 1. The molecular weight excluding hydrogens is 432 g/mol. The standard InChI is InChI=1S/C26H44N4O4/c1-3-5-6-7-8-9-10-11-12-13-14-15-16-17-18-19-23(4-2)27-28-25-21-20-24(29(31)32)22-26(25)30(33)34/h20-22,28H,3-19H2,1-2H3. The summed E-state index contributed by atoms with van der Waals surface area (Å²) in [6.45, 7) is 4.27. The third kappa shape index (κ3) is 13.3. The smallest absolute Gasteiger partial charge is 0.272 e. The van der Waals surface area contributed by atoms with Crippen molar-refractivity contribution in [2.45, 2.75) is 123 Å². The topological polar surface area (TPSA) is 111 Å². The van der Waals surface area contributed by atoms with E-state index in [-0.39, 0.29) is 17.1 Å². The molecule has 1 aromatic rings. The summed E-state index contributed by atoms with van der Waals surface area (Å²) in [6.07, 6.45) is 21.4. The van der Waals surface area contributed by atoms with Gasteiger partial charge in [-0.15, -0.1) is 0 Å². The Hall–Kier alpha value is -2.51. The van der Waals surface area contributed by atoms with Gasteiger partial charge in [-0.05, 0) is 25.3 Å². The number of hydrogen-bond donors (Lipinski definition) is 1. The van der Waals surface area contributed by atoms with Crippen molar-refractivity contribution in [2.75, 3.05) is 5.43 Å². The van der Waals surface area contributed by atoms with E-state index in [0.29, 0.717) is 0 Å². The first-order chi connectivity index (χ1) is 16.5. The maximum Gasteiger partial charge on any atom is 0.301 e. The first kappa shape index (κ1) is 29.5. The van der Waals surface area contributed by atoms with Crippen LogP contribution in [-0.4, -0.2) is 15.6 Å². The molecule has 192 valence electrons. The van der Waals surface area contributed by atoms with E-state index in [9.17, 15) is 20.2 Å². The summed E-state index contributed by atoms with van der Waals surface area (Å²) in [5.41, 5.74) is 3.19. The van der Waals surface area contributed by atoms with Crippen molar-refractivity contribution in [2.24, 2.45) is 5.10 Å². The average Bonchev–Trinajstić information content (AvgIpc) is 2.83. The maximum absolute atomic E-state index is 11.2. The summed E-state index contributed by atoms with van der Waals surface area (Å²) >= 11 is 0. The third-order valence-corrected chi connectivity index (χ3v) is 6.20. The monoisotopic (exact) mass is 476 g/mol. The van der Waals surface area contributed by atoms with Crippen LogP contribution in [0.15, 0.2) is 23.3 Å². The van der Waals surface area contributed by atoms with Crippen molar-refractivity contribution in [3.63, 3.8) is 0 Å². The molecule has 34 heavy (non-hydrogen) atoms. The molecule has 0 aliphatic heterocycles. The van der Waals surface area contributed by atoms with Crippen molar-refractivity contribution in [1.29, 1.82) is 0 Å². The molecule has 0 aliphatic rings. The van der Waals surface area contributed by atoms with E-state index in [0.717, 1.165) is 37.5 Å². The fraction of sp³-hybridized carbons (Fsp3) is 0.731. The number of non-ortho nitro benzene ring substituents is 1. The van der Waals surface area contributed by atoms with Gasteiger partial charge in [0, 0.05) is 11.8 Å². The van der Waals surface area contributed by atoms with Crippen LogP contribution in [0.5, 0.6) is 0 Å². The van der Waals surface area contributed by atoms with Gasteiger partial charge in [-0.3, -0.25) is 25.7 Å². The molecule has 0 bridgehead atoms. The lowest BCUT2D eigenvalue weighted by atomic mass is 10.0. The Balaban J connectivity index is 2.17. The summed E-state index contributed by atoms with van der Waals surface area (Å²) in [4.78, 5) is 20.8. The first-order valence-electron chi connectivity index (χ1n) is 13.2. The molecule has 8 nitrogen and oxygen atoms in total. The quantitative estimate of drug-likeness (QED) is 0.0823. The lowest BCUT2D eigenvalue weighted by Gasteiger charge is -2.07. The highest BCUT2D eigenvalue weighted by Crippen LogP contribution is 2.29. The van der Waals surface area contributed by atoms with E-state index in [1.807, 2.05) is 6.92 Å². The van der Waals surface area contributed by atoms with E-state index in [2.05, 4.69) is 17.5 Å². The Bertz CT molecular complexity index is 752. The van der Waals surface area contributed by atoms with Gasteiger partial charge in [-0.1, -0.05) is 104 Å². The molecule has 0 saturated heterocycles. The number of nitro groups is 2. The summed E-state index contributed by atoms with van der Waals surface area (Å²) in [5, 5.41) is 26.4. The molecule has 0 saturated carbocycles. The molecule has 0 spiro atoms. The predicted octanol–water partition coefficient (Wildman–Crippen LogP) is 8.94. The molecule has 0 heterocycles. The Labute approximate surface area is 204 Å². The zero-order chi connectivity index (χ0) is 25.0. The minimum atomic E-state index is -0.645. The molecule has 1 rings (SSSR count). The Morgan fingerprint density at radius 1 is 0.765 bits per heavy atom. The second-order valence-electron chi connectivity index (χ2n) is 9.06. The van der Waals surface area contributed by atoms with Crippen LogP contribution in [0.25, 0.3) is 0 Å². The molecule has 0 amide bonds. The molecule has 0 unspecified atom stereocenters. The summed E-state index contributed by atoms with van der Waals surface area (Å²) < 4.78 is 0. The highest BCUT2D eigenvalue weighted by Gasteiger charge is 2.19. The van der Waals surface area contributed by atoms with Crippen molar-refractivity contribution in [3.8, 4) is 0 Å². The van der Waals surface area contributed by atoms with Gasteiger partial charge in [0.05, 0.1) is 15.9 Å². The Morgan fingerprint density at radius 3 is 1.71 bits per heavy atom. The molecule has 0 atom stereocenters. The molecule has 8 heteroatoms. The van der Waals surface area contributed by atoms with E-state index in [1.54, 1.807) is 0 Å². The van der Waals surface area contributed by atoms with Crippen LogP contribution in [0.2, 0.25) is 0 Å². The summed E-state index contributed by atoms with van der Waals surface area (Å²) in [7, 11) is 0. The number of hydrazone groups is 1. The predicted molar refractivity (Wildman–Crippen MR) is 141 cm³/mol. The lowest BCUT2D eigenvalue weighted by molar-refractivity contribution is -0.393. The molecule has 0 aliphatic carbocycles. The summed E-state index contributed by atoms with van der Waals surface area (Å²) in [6, 6.07) is 3.53. The number of hydrogen-bond acceptors (Lipinski definition) is 6. The maximum atomic E-state index is 11.2. The van der Waals surface area contributed by atoms with Crippen LogP contribution < -0.4 is 5.43 Å². The van der Waals surface area contributed by atoms with Gasteiger partial charge >= 0.3 is 5.69 Å². The van der Waals surface area contributed by atoms with Gasteiger partial charge in [0.2, 0.25) is 0 Å². The van der Waals surface area contributed by atoms with Gasteiger partial charge in [-0.2, -0.15) is 5.10 Å². The molecule has 1 N–H and O–H groups in total. The minimum absolute atomic E-state index is 0.165. The zero-order valence-corrected chi connectivity index (χ0v) is 21.2. The second kappa shape index (κ2) is 18.9. The molecule has 0 fully saturated rings. The minimum Gasteiger partial charge on any atom is -0.272 e. The van der Waals surface area contributed by atoms with Gasteiger partial charge in [-0.25, -0.2) is 0 Å². The molecule has 0 radical (unpaired) electrons. The third-order valence-electron chi connectivity index (χ3n) is 6.20. The normalized spacial score (nSPS) is 11.5. The van der Waals surface area contributed by atoms with Crippen molar-refractivity contribution in [1.82, 2.24) is 0 Å². The van der Waals surface area contributed by atoms with Crippen LogP contribution in [-0.2, 0) is 0 Å². The Kier molecular flexibility index (Phi) is 16.4. The molecule has 1 aromatic carbocycles. The van der Waals surface area contributed by atoms with Crippen LogP contribution in [0.1, 0.15) is 123 Å². The number of nitrogens with one attached hydrogen (secondary N) is 1. The van der Waals surface area contributed by atoms with Crippen molar-refractivity contribution < 1.29 is 9.85 Å². The summed E-state index contributed by atoms with van der Waals surface area (Å²) in [5.74, 6) is 0.